The van der Waals surface area contributed by atoms with Crippen molar-refractivity contribution in [3.8, 4) is 17.1 Å². The van der Waals surface area contributed by atoms with Crippen LogP contribution in [0.1, 0.15) is 19.3 Å². The second-order valence-electron chi connectivity index (χ2n) is 7.99. The predicted octanol–water partition coefficient (Wildman–Crippen LogP) is 1.80. The number of benzene rings is 1. The van der Waals surface area contributed by atoms with Crippen LogP contribution in [0.25, 0.3) is 11.4 Å². The second-order valence-corrected chi connectivity index (χ2v) is 7.99. The van der Waals surface area contributed by atoms with Gasteiger partial charge in [0.1, 0.15) is 5.75 Å². The fourth-order valence-electron chi connectivity index (χ4n) is 4.02. The number of nitrogens with one attached hydrogen (secondary N) is 1. The summed E-state index contributed by atoms with van der Waals surface area (Å²) in [4.78, 5) is 21.5. The maximum absolute atomic E-state index is 12.5. The van der Waals surface area contributed by atoms with Crippen LogP contribution in [0.3, 0.4) is 0 Å². The van der Waals surface area contributed by atoms with Gasteiger partial charge in [-0.15, -0.1) is 0 Å². The summed E-state index contributed by atoms with van der Waals surface area (Å²) in [5, 5.41) is 7.20. The number of carbonyl (C=O) groups is 1. The van der Waals surface area contributed by atoms with Crippen molar-refractivity contribution in [1.29, 1.82) is 0 Å². The van der Waals surface area contributed by atoms with Gasteiger partial charge in [-0.25, -0.2) is 0 Å². The standard InChI is InChI=1S/C22H31N5O4/c1-29-19-5-3-17(4-6-19)20-24-22(31-25-20)27-11-7-18(8-12-27)21(28)23-9-2-10-26-13-15-30-16-14-26/h3-6,18H,2,7-16H2,1H3,(H,23,28). The highest BCUT2D eigenvalue weighted by Gasteiger charge is 2.27. The smallest absolute Gasteiger partial charge is 0.324 e. The fourth-order valence-corrected chi connectivity index (χ4v) is 4.02. The van der Waals surface area contributed by atoms with E-state index in [1.807, 2.05) is 24.3 Å². The molecule has 2 saturated heterocycles. The van der Waals surface area contributed by atoms with Crippen LogP contribution in [0.15, 0.2) is 28.8 Å². The average molecular weight is 430 g/mol. The fraction of sp³-hybridized carbons (Fsp3) is 0.591. The lowest BCUT2D eigenvalue weighted by Gasteiger charge is -2.30. The zero-order chi connectivity index (χ0) is 21.5. The molecule has 1 amide bonds. The molecule has 3 heterocycles. The molecule has 2 fully saturated rings. The molecule has 9 heteroatoms. The molecule has 0 atom stereocenters. The van der Waals surface area contributed by atoms with Gasteiger partial charge in [0.25, 0.3) is 0 Å². The van der Waals surface area contributed by atoms with Gasteiger partial charge in [0, 0.05) is 44.2 Å². The second kappa shape index (κ2) is 10.6. The van der Waals surface area contributed by atoms with E-state index >= 15 is 0 Å². The summed E-state index contributed by atoms with van der Waals surface area (Å²) in [6.45, 7) is 6.80. The molecule has 168 valence electrons. The summed E-state index contributed by atoms with van der Waals surface area (Å²) in [6, 6.07) is 8.06. The van der Waals surface area contributed by atoms with Gasteiger partial charge in [0.15, 0.2) is 0 Å². The minimum absolute atomic E-state index is 0.0450. The zero-order valence-corrected chi connectivity index (χ0v) is 18.1. The van der Waals surface area contributed by atoms with Crippen LogP contribution >= 0.6 is 0 Å². The van der Waals surface area contributed by atoms with Gasteiger partial charge in [0.2, 0.25) is 11.7 Å². The number of amides is 1. The Bertz CT molecular complexity index is 827. The van der Waals surface area contributed by atoms with E-state index in [9.17, 15) is 4.79 Å². The van der Waals surface area contributed by atoms with Crippen molar-refractivity contribution in [3.05, 3.63) is 24.3 Å². The highest BCUT2D eigenvalue weighted by molar-refractivity contribution is 5.78. The minimum Gasteiger partial charge on any atom is -0.497 e. The van der Waals surface area contributed by atoms with Crippen molar-refractivity contribution >= 4 is 11.9 Å². The number of ether oxygens (including phenoxy) is 2. The van der Waals surface area contributed by atoms with Gasteiger partial charge in [0.05, 0.1) is 20.3 Å². The maximum atomic E-state index is 12.5. The molecule has 0 unspecified atom stereocenters. The van der Waals surface area contributed by atoms with Crippen molar-refractivity contribution < 1.29 is 18.8 Å². The Labute approximate surface area is 182 Å². The summed E-state index contributed by atoms with van der Waals surface area (Å²) < 4.78 is 16.0. The molecule has 0 bridgehead atoms. The van der Waals surface area contributed by atoms with E-state index in [0.29, 0.717) is 11.8 Å². The van der Waals surface area contributed by atoms with Crippen molar-refractivity contribution in [2.45, 2.75) is 19.3 Å². The van der Waals surface area contributed by atoms with Gasteiger partial charge in [-0.3, -0.25) is 9.69 Å². The number of anilines is 1. The molecular formula is C22H31N5O4. The highest BCUT2D eigenvalue weighted by atomic mass is 16.5. The average Bonchev–Trinajstić information content (AvgIpc) is 3.33. The van der Waals surface area contributed by atoms with Gasteiger partial charge in [-0.1, -0.05) is 5.16 Å². The number of rotatable bonds is 8. The zero-order valence-electron chi connectivity index (χ0n) is 18.1. The monoisotopic (exact) mass is 429 g/mol. The van der Waals surface area contributed by atoms with E-state index in [1.165, 1.54) is 0 Å². The highest BCUT2D eigenvalue weighted by Crippen LogP contribution is 2.25. The molecule has 1 aromatic carbocycles. The molecule has 9 nitrogen and oxygen atoms in total. The number of carbonyl (C=O) groups excluding carboxylic acids is 1. The van der Waals surface area contributed by atoms with E-state index in [4.69, 9.17) is 14.0 Å². The van der Waals surface area contributed by atoms with Gasteiger partial charge >= 0.3 is 6.01 Å². The van der Waals surface area contributed by atoms with Crippen LogP contribution in [0, 0.1) is 5.92 Å². The Morgan fingerprint density at radius 1 is 1.16 bits per heavy atom. The molecule has 2 aliphatic heterocycles. The van der Waals surface area contributed by atoms with Crippen LogP contribution in [0.4, 0.5) is 6.01 Å². The van der Waals surface area contributed by atoms with Gasteiger partial charge < -0.3 is 24.2 Å². The molecule has 0 radical (unpaired) electrons. The molecule has 0 saturated carbocycles. The molecule has 1 aromatic heterocycles. The topological polar surface area (TPSA) is 93.0 Å². The number of nitrogens with zero attached hydrogens (tertiary/aromatic N) is 4. The summed E-state index contributed by atoms with van der Waals surface area (Å²) in [6.07, 6.45) is 2.55. The van der Waals surface area contributed by atoms with Crippen molar-refractivity contribution in [1.82, 2.24) is 20.4 Å². The third-order valence-corrected chi connectivity index (χ3v) is 5.95. The first kappa shape index (κ1) is 21.6. The number of morpholine rings is 1. The predicted molar refractivity (Wildman–Crippen MR) is 116 cm³/mol. The third-order valence-electron chi connectivity index (χ3n) is 5.95. The molecule has 1 N–H and O–H groups in total. The van der Waals surface area contributed by atoms with Crippen molar-refractivity contribution in [2.24, 2.45) is 5.92 Å². The molecule has 31 heavy (non-hydrogen) atoms. The van der Waals surface area contributed by atoms with Crippen molar-refractivity contribution in [2.75, 3.05) is 64.5 Å². The summed E-state index contributed by atoms with van der Waals surface area (Å²) in [7, 11) is 1.64. The van der Waals surface area contributed by atoms with Crippen LogP contribution in [0.2, 0.25) is 0 Å². The Balaban J connectivity index is 1.19. The first-order chi connectivity index (χ1) is 15.2. The number of hydrogen-bond donors (Lipinski definition) is 1. The van der Waals surface area contributed by atoms with E-state index in [-0.39, 0.29) is 11.8 Å². The summed E-state index contributed by atoms with van der Waals surface area (Å²) in [5.41, 5.74) is 0.877. The molecule has 0 aliphatic carbocycles. The van der Waals surface area contributed by atoms with E-state index in [2.05, 4.69) is 25.3 Å². The van der Waals surface area contributed by atoms with Crippen LogP contribution in [0.5, 0.6) is 5.75 Å². The number of hydrogen-bond acceptors (Lipinski definition) is 8. The van der Waals surface area contributed by atoms with Crippen LogP contribution < -0.4 is 15.0 Å². The lowest BCUT2D eigenvalue weighted by Crippen LogP contribution is -2.42. The lowest BCUT2D eigenvalue weighted by atomic mass is 9.96. The van der Waals surface area contributed by atoms with E-state index in [1.54, 1.807) is 7.11 Å². The number of piperidine rings is 1. The number of methoxy groups -OCH3 is 1. The number of aromatic nitrogens is 2. The van der Waals surface area contributed by atoms with Crippen molar-refractivity contribution in [3.63, 3.8) is 0 Å². The Morgan fingerprint density at radius 3 is 2.61 bits per heavy atom. The Hall–Kier alpha value is -2.65. The first-order valence-electron chi connectivity index (χ1n) is 11.0. The molecule has 0 spiro atoms. The largest absolute Gasteiger partial charge is 0.497 e. The molecular weight excluding hydrogens is 398 g/mol. The molecule has 2 aliphatic rings. The third kappa shape index (κ3) is 5.74. The van der Waals surface area contributed by atoms with E-state index in [0.717, 1.165) is 83.1 Å². The SMILES string of the molecule is COc1ccc(-c2noc(N3CCC(C(=O)NCCCN4CCOCC4)CC3)n2)cc1. The van der Waals surface area contributed by atoms with Crippen LogP contribution in [-0.4, -0.2) is 80.5 Å². The summed E-state index contributed by atoms with van der Waals surface area (Å²) >= 11 is 0. The minimum atomic E-state index is 0.0450. The normalized spacial score (nSPS) is 18.2. The lowest BCUT2D eigenvalue weighted by molar-refractivity contribution is -0.125. The Kier molecular flexibility index (Phi) is 7.37. The van der Waals surface area contributed by atoms with Gasteiger partial charge in [-0.05, 0) is 50.1 Å². The van der Waals surface area contributed by atoms with Crippen LogP contribution in [-0.2, 0) is 9.53 Å². The van der Waals surface area contributed by atoms with E-state index < -0.39 is 0 Å². The quantitative estimate of drug-likeness (QED) is 0.635. The Morgan fingerprint density at radius 2 is 1.90 bits per heavy atom. The molecule has 4 rings (SSSR count). The maximum Gasteiger partial charge on any atom is 0.324 e. The first-order valence-corrected chi connectivity index (χ1v) is 11.0. The molecule has 2 aromatic rings. The van der Waals surface area contributed by atoms with Gasteiger partial charge in [-0.2, -0.15) is 4.98 Å². The summed E-state index contributed by atoms with van der Waals surface area (Å²) in [5.74, 6) is 1.54.